The number of ether oxygens (including phenoxy) is 2. The molecule has 0 aromatic heterocycles. The molecule has 0 amide bonds. The second kappa shape index (κ2) is 65.7. The molecule has 74 heavy (non-hydrogen) atoms. The van der Waals surface area contributed by atoms with Crippen molar-refractivity contribution >= 4 is 11.9 Å². The molecule has 1 unspecified atom stereocenters. The Bertz CT molecular complexity index is 1130. The molecule has 0 aromatic rings. The van der Waals surface area contributed by atoms with E-state index in [2.05, 4.69) is 38.2 Å². The number of carbonyl (C=O) groups is 2. The maximum atomic E-state index is 12.3. The second-order valence-electron chi connectivity index (χ2n) is 23.3. The van der Waals surface area contributed by atoms with Crippen molar-refractivity contribution in [1.82, 2.24) is 0 Å². The first-order chi connectivity index (χ1) is 36.6. The highest BCUT2D eigenvalue weighted by Crippen LogP contribution is 2.19. The second-order valence-corrected chi connectivity index (χ2v) is 23.3. The molecule has 5 heteroatoms. The molecule has 0 aliphatic heterocycles. The number of unbranched alkanes of at least 4 members (excludes halogenated alkanes) is 52. The lowest BCUT2D eigenvalue weighted by Crippen LogP contribution is -2.28. The molecule has 0 spiro atoms. The minimum absolute atomic E-state index is 0.0596. The van der Waals surface area contributed by atoms with Crippen LogP contribution < -0.4 is 0 Å². The van der Waals surface area contributed by atoms with Gasteiger partial charge in [0.25, 0.3) is 0 Å². The van der Waals surface area contributed by atoms with Crippen molar-refractivity contribution in [3.63, 3.8) is 0 Å². The van der Waals surface area contributed by atoms with Crippen LogP contribution in [0.1, 0.15) is 386 Å². The third-order valence-electron chi connectivity index (χ3n) is 15.7. The van der Waals surface area contributed by atoms with Crippen molar-refractivity contribution in [2.24, 2.45) is 0 Å². The molecule has 0 radical (unpaired) electrons. The fraction of sp³-hybridized carbons (Fsp3) is 0.913. The molecule has 0 fully saturated rings. The summed E-state index contributed by atoms with van der Waals surface area (Å²) in [6.07, 6.45) is 85.0. The molecule has 0 saturated carbocycles. The van der Waals surface area contributed by atoms with Crippen molar-refractivity contribution in [3.8, 4) is 0 Å². The summed E-state index contributed by atoms with van der Waals surface area (Å²) in [5, 5.41) is 9.69. The summed E-state index contributed by atoms with van der Waals surface area (Å²) in [4.78, 5) is 24.6. The standard InChI is InChI=1S/C69H132O5/c1-3-5-7-9-11-13-15-17-19-21-23-25-27-28-29-30-31-32-33-34-35-36-37-38-39-40-42-44-46-48-50-52-54-56-58-60-62-64-69(72)74-67(65-70)66-73-68(71)63-61-59-57-55-53-51-49-47-45-43-41-26-24-22-20-18-16-14-12-10-8-6-4-2/h21-24,67,70H,3-20,25-66H2,1-2H3/b23-21-,24-22-. The van der Waals surface area contributed by atoms with Crippen LogP contribution in [0.3, 0.4) is 0 Å². The van der Waals surface area contributed by atoms with Crippen molar-refractivity contribution in [1.29, 1.82) is 0 Å². The minimum Gasteiger partial charge on any atom is -0.462 e. The summed E-state index contributed by atoms with van der Waals surface area (Å²) in [7, 11) is 0. The van der Waals surface area contributed by atoms with Gasteiger partial charge in [-0.15, -0.1) is 0 Å². The normalized spacial score (nSPS) is 12.2. The number of allylic oxidation sites excluding steroid dienone is 4. The van der Waals surface area contributed by atoms with E-state index in [9.17, 15) is 14.7 Å². The Morgan fingerprint density at radius 1 is 0.297 bits per heavy atom. The van der Waals surface area contributed by atoms with E-state index in [1.807, 2.05) is 0 Å². The maximum absolute atomic E-state index is 12.3. The average molecular weight is 1040 g/mol. The number of aliphatic hydroxyl groups is 1. The predicted octanol–water partition coefficient (Wildman–Crippen LogP) is 23.2. The van der Waals surface area contributed by atoms with E-state index < -0.39 is 6.10 Å². The first kappa shape index (κ1) is 72.4. The summed E-state index contributed by atoms with van der Waals surface area (Å²) >= 11 is 0. The van der Waals surface area contributed by atoms with Crippen LogP contribution in [0, 0.1) is 0 Å². The van der Waals surface area contributed by atoms with Crippen LogP contribution in [0.5, 0.6) is 0 Å². The summed E-state index contributed by atoms with van der Waals surface area (Å²) in [6.45, 7) is 4.20. The van der Waals surface area contributed by atoms with Crippen LogP contribution in [0.4, 0.5) is 0 Å². The fourth-order valence-corrected chi connectivity index (χ4v) is 10.6. The summed E-state index contributed by atoms with van der Waals surface area (Å²) in [6, 6.07) is 0. The maximum Gasteiger partial charge on any atom is 0.306 e. The Hall–Kier alpha value is -1.62. The van der Waals surface area contributed by atoms with Crippen LogP contribution in [0.25, 0.3) is 0 Å². The molecule has 0 aliphatic rings. The highest BCUT2D eigenvalue weighted by molar-refractivity contribution is 5.70. The zero-order chi connectivity index (χ0) is 53.4. The lowest BCUT2D eigenvalue weighted by molar-refractivity contribution is -0.161. The Kier molecular flexibility index (Phi) is 64.2. The third kappa shape index (κ3) is 62.9. The number of rotatable bonds is 64. The number of esters is 2. The molecule has 1 N–H and O–H groups in total. The molecule has 0 aromatic carbocycles. The lowest BCUT2D eigenvalue weighted by atomic mass is 10.0. The largest absolute Gasteiger partial charge is 0.462 e. The highest BCUT2D eigenvalue weighted by atomic mass is 16.6. The molecule has 0 aliphatic carbocycles. The number of hydrogen-bond acceptors (Lipinski definition) is 5. The molecule has 5 nitrogen and oxygen atoms in total. The van der Waals surface area contributed by atoms with Crippen molar-refractivity contribution in [3.05, 3.63) is 24.3 Å². The van der Waals surface area contributed by atoms with E-state index in [1.165, 1.54) is 321 Å². The van der Waals surface area contributed by atoms with Gasteiger partial charge in [-0.25, -0.2) is 0 Å². The van der Waals surface area contributed by atoms with E-state index in [0.29, 0.717) is 12.8 Å². The Balaban J connectivity index is 3.37. The number of aliphatic hydroxyl groups excluding tert-OH is 1. The zero-order valence-electron chi connectivity index (χ0n) is 50.4. The highest BCUT2D eigenvalue weighted by Gasteiger charge is 2.16. The molecule has 0 heterocycles. The van der Waals surface area contributed by atoms with Gasteiger partial charge in [0.15, 0.2) is 6.10 Å². The first-order valence-electron chi connectivity index (χ1n) is 33.9. The topological polar surface area (TPSA) is 72.8 Å². The van der Waals surface area contributed by atoms with Crippen molar-refractivity contribution in [2.45, 2.75) is 392 Å². The van der Waals surface area contributed by atoms with Crippen molar-refractivity contribution in [2.75, 3.05) is 13.2 Å². The Labute approximate surface area is 464 Å². The molecular formula is C69H132O5. The van der Waals surface area contributed by atoms with Gasteiger partial charge in [-0.2, -0.15) is 0 Å². The SMILES string of the molecule is CCCCCCCCCC/C=C\CCCCCCCCCCCCCCCCCCCCCCCCCCCC(=O)OC(CO)COC(=O)CCCCCCCCCCCCC/C=C\CCCCCCCCCC. The molecule has 0 bridgehead atoms. The van der Waals surface area contributed by atoms with Gasteiger partial charge in [0.1, 0.15) is 6.61 Å². The Morgan fingerprint density at radius 3 is 0.730 bits per heavy atom. The van der Waals surface area contributed by atoms with Crippen LogP contribution >= 0.6 is 0 Å². The van der Waals surface area contributed by atoms with Gasteiger partial charge >= 0.3 is 11.9 Å². The monoisotopic (exact) mass is 1040 g/mol. The van der Waals surface area contributed by atoms with Gasteiger partial charge in [-0.3, -0.25) is 9.59 Å². The summed E-state index contributed by atoms with van der Waals surface area (Å²) < 4.78 is 10.8. The molecule has 0 rings (SSSR count). The van der Waals surface area contributed by atoms with E-state index in [4.69, 9.17) is 9.47 Å². The van der Waals surface area contributed by atoms with E-state index in [-0.39, 0.29) is 25.2 Å². The van der Waals surface area contributed by atoms with Gasteiger partial charge in [-0.1, -0.05) is 334 Å². The van der Waals surface area contributed by atoms with Gasteiger partial charge in [0.2, 0.25) is 0 Å². The van der Waals surface area contributed by atoms with Crippen LogP contribution in [0.2, 0.25) is 0 Å². The number of carbonyl (C=O) groups excluding carboxylic acids is 2. The van der Waals surface area contributed by atoms with Gasteiger partial charge in [0, 0.05) is 12.8 Å². The third-order valence-corrected chi connectivity index (χ3v) is 15.7. The van der Waals surface area contributed by atoms with Crippen LogP contribution in [-0.2, 0) is 19.1 Å². The van der Waals surface area contributed by atoms with Crippen LogP contribution in [0.15, 0.2) is 24.3 Å². The molecular weight excluding hydrogens is 909 g/mol. The summed E-state index contributed by atoms with van der Waals surface area (Å²) in [5.74, 6) is -0.568. The minimum atomic E-state index is -0.769. The van der Waals surface area contributed by atoms with Crippen molar-refractivity contribution < 1.29 is 24.2 Å². The van der Waals surface area contributed by atoms with Gasteiger partial charge in [0.05, 0.1) is 6.61 Å². The Morgan fingerprint density at radius 2 is 0.500 bits per heavy atom. The molecule has 1 atom stereocenters. The molecule has 0 saturated heterocycles. The number of hydrogen-bond donors (Lipinski definition) is 1. The van der Waals surface area contributed by atoms with Crippen LogP contribution in [-0.4, -0.2) is 36.4 Å². The van der Waals surface area contributed by atoms with E-state index in [1.54, 1.807) is 0 Å². The predicted molar refractivity (Wildman–Crippen MR) is 325 cm³/mol. The quantitative estimate of drug-likeness (QED) is 0.0373. The first-order valence-corrected chi connectivity index (χ1v) is 33.9. The van der Waals surface area contributed by atoms with Gasteiger partial charge in [-0.05, 0) is 64.2 Å². The smallest absolute Gasteiger partial charge is 0.306 e. The van der Waals surface area contributed by atoms with Gasteiger partial charge < -0.3 is 14.6 Å². The fourth-order valence-electron chi connectivity index (χ4n) is 10.6. The average Bonchev–Trinajstić information content (AvgIpc) is 3.40. The molecule has 438 valence electrons. The van der Waals surface area contributed by atoms with E-state index in [0.717, 1.165) is 38.5 Å². The zero-order valence-corrected chi connectivity index (χ0v) is 50.4. The lowest BCUT2D eigenvalue weighted by Gasteiger charge is -2.15. The van der Waals surface area contributed by atoms with E-state index >= 15 is 0 Å². The summed E-state index contributed by atoms with van der Waals surface area (Å²) in [5.41, 5.74) is 0.